The Balaban J connectivity index is 2.45. The van der Waals surface area contributed by atoms with E-state index in [0.717, 1.165) is 12.8 Å². The van der Waals surface area contributed by atoms with Crippen LogP contribution in [0.4, 0.5) is 5.69 Å². The van der Waals surface area contributed by atoms with Gasteiger partial charge in [-0.1, -0.05) is 13.3 Å². The minimum absolute atomic E-state index is 0.0650. The fourth-order valence-electron chi connectivity index (χ4n) is 1.98. The fraction of sp³-hybridized carbons (Fsp3) is 0.571. The molecule has 0 atom stereocenters. The zero-order valence-corrected chi connectivity index (χ0v) is 13.2. The van der Waals surface area contributed by atoms with Crippen LogP contribution in [-0.4, -0.2) is 26.3 Å². The number of nitrogens with one attached hydrogen (secondary N) is 1. The van der Waals surface area contributed by atoms with Crippen LogP contribution in [0, 0.1) is 0 Å². The molecule has 1 aromatic rings. The maximum atomic E-state index is 12.0. The van der Waals surface area contributed by atoms with Crippen molar-refractivity contribution in [1.29, 1.82) is 0 Å². The standard InChI is InChI=1S/C14H24N2O3S/c1-4-9-14(2,3)16-20(17,18)11-10-19-13-7-5-12(15)6-8-13/h5-8,16H,4,9-11,15H2,1-3H3. The lowest BCUT2D eigenvalue weighted by atomic mass is 10.0. The van der Waals surface area contributed by atoms with E-state index in [0.29, 0.717) is 11.4 Å². The lowest BCUT2D eigenvalue weighted by molar-refractivity contribution is 0.338. The van der Waals surface area contributed by atoms with Gasteiger partial charge in [-0.2, -0.15) is 0 Å². The number of anilines is 1. The zero-order valence-electron chi connectivity index (χ0n) is 12.3. The molecule has 20 heavy (non-hydrogen) atoms. The molecule has 0 radical (unpaired) electrons. The number of sulfonamides is 1. The van der Waals surface area contributed by atoms with Crippen LogP contribution in [0.3, 0.4) is 0 Å². The van der Waals surface area contributed by atoms with Crippen molar-refractivity contribution >= 4 is 15.7 Å². The zero-order chi connectivity index (χ0) is 15.2. The topological polar surface area (TPSA) is 81.4 Å². The quantitative estimate of drug-likeness (QED) is 0.721. The first-order valence-electron chi connectivity index (χ1n) is 6.74. The molecule has 0 aromatic heterocycles. The van der Waals surface area contributed by atoms with Gasteiger partial charge in [-0.3, -0.25) is 0 Å². The molecule has 0 spiro atoms. The molecule has 0 fully saturated rings. The first-order valence-corrected chi connectivity index (χ1v) is 8.39. The van der Waals surface area contributed by atoms with E-state index in [-0.39, 0.29) is 12.4 Å². The Morgan fingerprint density at radius 1 is 1.25 bits per heavy atom. The summed E-state index contributed by atoms with van der Waals surface area (Å²) in [7, 11) is -3.34. The van der Waals surface area contributed by atoms with E-state index in [1.54, 1.807) is 24.3 Å². The molecule has 0 heterocycles. The summed E-state index contributed by atoms with van der Waals surface area (Å²) in [5, 5.41) is 0. The largest absolute Gasteiger partial charge is 0.492 e. The van der Waals surface area contributed by atoms with E-state index in [4.69, 9.17) is 10.5 Å². The molecule has 114 valence electrons. The van der Waals surface area contributed by atoms with Crippen molar-refractivity contribution < 1.29 is 13.2 Å². The number of benzene rings is 1. The van der Waals surface area contributed by atoms with Gasteiger partial charge in [0.25, 0.3) is 0 Å². The second-order valence-electron chi connectivity index (χ2n) is 5.47. The van der Waals surface area contributed by atoms with Crippen molar-refractivity contribution in [3.8, 4) is 5.75 Å². The molecule has 0 unspecified atom stereocenters. The van der Waals surface area contributed by atoms with Crippen molar-refractivity contribution in [2.45, 2.75) is 39.2 Å². The Kier molecular flexibility index (Phi) is 5.83. The smallest absolute Gasteiger partial charge is 0.215 e. The second kappa shape index (κ2) is 6.95. The maximum Gasteiger partial charge on any atom is 0.215 e. The predicted molar refractivity (Wildman–Crippen MR) is 82.3 cm³/mol. The van der Waals surface area contributed by atoms with Crippen LogP contribution in [0.2, 0.25) is 0 Å². The van der Waals surface area contributed by atoms with Gasteiger partial charge in [0.05, 0.1) is 5.75 Å². The fourth-order valence-corrected chi connectivity index (χ4v) is 3.33. The third kappa shape index (κ3) is 6.25. The normalized spacial score (nSPS) is 12.3. The SMILES string of the molecule is CCCC(C)(C)NS(=O)(=O)CCOc1ccc(N)cc1. The van der Waals surface area contributed by atoms with Crippen molar-refractivity contribution in [2.24, 2.45) is 0 Å². The number of hydrogen-bond donors (Lipinski definition) is 2. The van der Waals surface area contributed by atoms with Crippen molar-refractivity contribution in [1.82, 2.24) is 4.72 Å². The molecular formula is C14H24N2O3S. The first-order chi connectivity index (χ1) is 9.24. The molecule has 3 N–H and O–H groups in total. The third-order valence-electron chi connectivity index (χ3n) is 2.81. The second-order valence-corrected chi connectivity index (χ2v) is 7.31. The van der Waals surface area contributed by atoms with Crippen molar-refractivity contribution in [3.05, 3.63) is 24.3 Å². The molecule has 5 nitrogen and oxygen atoms in total. The number of nitrogen functional groups attached to an aromatic ring is 1. The minimum Gasteiger partial charge on any atom is -0.492 e. The summed E-state index contributed by atoms with van der Waals surface area (Å²) in [6.07, 6.45) is 1.72. The highest BCUT2D eigenvalue weighted by atomic mass is 32.2. The monoisotopic (exact) mass is 300 g/mol. The van der Waals surface area contributed by atoms with E-state index in [9.17, 15) is 8.42 Å². The summed E-state index contributed by atoms with van der Waals surface area (Å²) in [4.78, 5) is 0. The van der Waals surface area contributed by atoms with E-state index in [1.807, 2.05) is 20.8 Å². The van der Waals surface area contributed by atoms with Crippen LogP contribution in [0.15, 0.2) is 24.3 Å². The Labute approximate surface area is 121 Å². The van der Waals surface area contributed by atoms with Crippen LogP contribution < -0.4 is 15.2 Å². The van der Waals surface area contributed by atoms with Crippen LogP contribution in [0.25, 0.3) is 0 Å². The summed E-state index contributed by atoms with van der Waals surface area (Å²) >= 11 is 0. The summed E-state index contributed by atoms with van der Waals surface area (Å²) in [5.41, 5.74) is 5.79. The number of rotatable bonds is 8. The van der Waals surface area contributed by atoms with Crippen LogP contribution in [-0.2, 0) is 10.0 Å². The van der Waals surface area contributed by atoms with E-state index in [2.05, 4.69) is 4.72 Å². The molecule has 0 aliphatic carbocycles. The molecule has 1 aromatic carbocycles. The molecule has 0 bridgehead atoms. The molecule has 0 saturated heterocycles. The third-order valence-corrected chi connectivity index (χ3v) is 4.38. The molecular weight excluding hydrogens is 276 g/mol. The lowest BCUT2D eigenvalue weighted by Gasteiger charge is -2.25. The Bertz CT molecular complexity index is 510. The van der Waals surface area contributed by atoms with E-state index in [1.165, 1.54) is 0 Å². The number of ether oxygens (including phenoxy) is 1. The Morgan fingerprint density at radius 2 is 1.85 bits per heavy atom. The van der Waals surface area contributed by atoms with Gasteiger partial charge in [-0.25, -0.2) is 13.1 Å². The van der Waals surface area contributed by atoms with Gasteiger partial charge in [0, 0.05) is 11.2 Å². The number of nitrogens with two attached hydrogens (primary N) is 1. The minimum atomic E-state index is -3.34. The maximum absolute atomic E-state index is 12.0. The first kappa shape index (κ1) is 16.8. The molecule has 0 aliphatic heterocycles. The van der Waals surface area contributed by atoms with Gasteiger partial charge < -0.3 is 10.5 Å². The highest BCUT2D eigenvalue weighted by Crippen LogP contribution is 2.14. The summed E-state index contributed by atoms with van der Waals surface area (Å²) in [6, 6.07) is 6.87. The average Bonchev–Trinajstić information content (AvgIpc) is 2.29. The van der Waals surface area contributed by atoms with E-state index < -0.39 is 15.6 Å². The molecule has 1 rings (SSSR count). The predicted octanol–water partition coefficient (Wildman–Crippen LogP) is 2.15. The number of hydrogen-bond acceptors (Lipinski definition) is 4. The molecule has 0 amide bonds. The lowest BCUT2D eigenvalue weighted by Crippen LogP contribution is -2.44. The van der Waals surface area contributed by atoms with Crippen LogP contribution >= 0.6 is 0 Å². The van der Waals surface area contributed by atoms with Crippen molar-refractivity contribution in [2.75, 3.05) is 18.1 Å². The summed E-state index contributed by atoms with van der Waals surface area (Å²) in [5.74, 6) is 0.548. The molecule has 0 aliphatic rings. The summed E-state index contributed by atoms with van der Waals surface area (Å²) < 4.78 is 32.0. The molecule has 0 saturated carbocycles. The molecule has 6 heteroatoms. The van der Waals surface area contributed by atoms with Gasteiger partial charge >= 0.3 is 0 Å². The Morgan fingerprint density at radius 3 is 2.40 bits per heavy atom. The van der Waals surface area contributed by atoms with Gasteiger partial charge in [0.1, 0.15) is 12.4 Å². The van der Waals surface area contributed by atoms with Crippen LogP contribution in [0.5, 0.6) is 5.75 Å². The Hall–Kier alpha value is -1.27. The highest BCUT2D eigenvalue weighted by molar-refractivity contribution is 7.89. The summed E-state index contributed by atoms with van der Waals surface area (Å²) in [6.45, 7) is 5.91. The highest BCUT2D eigenvalue weighted by Gasteiger charge is 2.23. The van der Waals surface area contributed by atoms with Gasteiger partial charge in [0.2, 0.25) is 10.0 Å². The van der Waals surface area contributed by atoms with Crippen molar-refractivity contribution in [3.63, 3.8) is 0 Å². The average molecular weight is 300 g/mol. The van der Waals surface area contributed by atoms with Gasteiger partial charge in [-0.05, 0) is 44.5 Å². The van der Waals surface area contributed by atoms with Gasteiger partial charge in [0.15, 0.2) is 0 Å². The van der Waals surface area contributed by atoms with Crippen LogP contribution in [0.1, 0.15) is 33.6 Å². The van der Waals surface area contributed by atoms with Gasteiger partial charge in [-0.15, -0.1) is 0 Å². The van der Waals surface area contributed by atoms with E-state index >= 15 is 0 Å².